The van der Waals surface area contributed by atoms with E-state index in [2.05, 4.69) is 6.58 Å². The summed E-state index contributed by atoms with van der Waals surface area (Å²) in [6, 6.07) is -0.172. The predicted molar refractivity (Wildman–Crippen MR) is 112 cm³/mol. The molecule has 0 aromatic carbocycles. The summed E-state index contributed by atoms with van der Waals surface area (Å²) in [5, 5.41) is 11.2. The molecule has 2 bridgehead atoms. The van der Waals surface area contributed by atoms with E-state index >= 15 is 0 Å². The zero-order valence-electron chi connectivity index (χ0n) is 18.3. The maximum Gasteiger partial charge on any atom is 0.410 e. The van der Waals surface area contributed by atoms with Crippen LogP contribution in [0.3, 0.4) is 0 Å². The molecule has 5 nitrogen and oxygen atoms in total. The zero-order chi connectivity index (χ0) is 20.6. The van der Waals surface area contributed by atoms with Crippen molar-refractivity contribution >= 4 is 6.09 Å². The van der Waals surface area contributed by atoms with Gasteiger partial charge in [-0.15, -0.1) is 6.58 Å². The molecule has 2 aliphatic heterocycles. The van der Waals surface area contributed by atoms with Gasteiger partial charge in [-0.2, -0.15) is 0 Å². The van der Waals surface area contributed by atoms with Crippen LogP contribution in [0.4, 0.5) is 4.79 Å². The van der Waals surface area contributed by atoms with Crippen molar-refractivity contribution in [3.05, 3.63) is 12.7 Å². The highest BCUT2D eigenvalue weighted by Crippen LogP contribution is 2.38. The summed E-state index contributed by atoms with van der Waals surface area (Å²) in [5.41, 5.74) is -1.19. The highest BCUT2D eigenvalue weighted by atomic mass is 16.6. The number of allylic oxidation sites excluding steroid dienone is 1. The Morgan fingerprint density at radius 2 is 1.64 bits per heavy atom. The molecule has 0 spiro atoms. The molecule has 0 aromatic rings. The SMILES string of the molecule is C=CCCCCCCCCCC1(O)CC2COCC(C1)N2C(=O)OC(C)(C)C. The molecule has 2 aliphatic rings. The Morgan fingerprint density at radius 3 is 2.18 bits per heavy atom. The lowest BCUT2D eigenvalue weighted by Crippen LogP contribution is -2.64. The fourth-order valence-corrected chi connectivity index (χ4v) is 4.52. The fourth-order valence-electron chi connectivity index (χ4n) is 4.52. The Kier molecular flexibility index (Phi) is 8.81. The van der Waals surface area contributed by atoms with E-state index in [1.807, 2.05) is 31.7 Å². The van der Waals surface area contributed by atoms with Gasteiger partial charge in [0.2, 0.25) is 0 Å². The molecule has 1 N–H and O–H groups in total. The summed E-state index contributed by atoms with van der Waals surface area (Å²) in [6.45, 7) is 10.4. The lowest BCUT2D eigenvalue weighted by molar-refractivity contribution is -0.140. The van der Waals surface area contributed by atoms with Crippen LogP contribution in [0.1, 0.15) is 91.4 Å². The number of fused-ring (bicyclic) bond motifs is 2. The third-order valence-electron chi connectivity index (χ3n) is 5.79. The van der Waals surface area contributed by atoms with Crippen molar-refractivity contribution in [3.63, 3.8) is 0 Å². The molecular weight excluding hydrogens is 354 g/mol. The minimum absolute atomic E-state index is 0.0859. The summed E-state index contributed by atoms with van der Waals surface area (Å²) >= 11 is 0. The third kappa shape index (κ3) is 7.40. The minimum Gasteiger partial charge on any atom is -0.444 e. The molecule has 0 aromatic heterocycles. The van der Waals surface area contributed by atoms with Crippen molar-refractivity contribution in [2.45, 2.75) is 115 Å². The molecule has 0 saturated carbocycles. The maximum atomic E-state index is 12.6. The normalized spacial score (nSPS) is 27.5. The second-order valence-electron chi connectivity index (χ2n) is 9.67. The first-order valence-electron chi connectivity index (χ1n) is 11.2. The number of hydrogen-bond acceptors (Lipinski definition) is 4. The second kappa shape index (κ2) is 10.6. The number of hydrogen-bond donors (Lipinski definition) is 1. The fraction of sp³-hybridized carbons (Fsp3) is 0.870. The third-order valence-corrected chi connectivity index (χ3v) is 5.79. The van der Waals surface area contributed by atoms with Gasteiger partial charge >= 0.3 is 6.09 Å². The molecule has 2 unspecified atom stereocenters. The largest absolute Gasteiger partial charge is 0.444 e. The van der Waals surface area contributed by atoms with Gasteiger partial charge in [0.1, 0.15) is 5.60 Å². The molecule has 28 heavy (non-hydrogen) atoms. The standard InChI is InChI=1S/C23H41NO4/c1-5-6-7-8-9-10-11-12-13-14-23(26)15-19-17-27-18-20(16-23)24(19)21(25)28-22(2,3)4/h5,19-20,26H,1,6-18H2,2-4H3. The van der Waals surface area contributed by atoms with Crippen LogP contribution in [-0.2, 0) is 9.47 Å². The van der Waals surface area contributed by atoms with E-state index in [0.29, 0.717) is 26.1 Å². The Bertz CT molecular complexity index is 485. The molecule has 1 amide bonds. The number of ether oxygens (including phenoxy) is 2. The maximum absolute atomic E-state index is 12.6. The summed E-state index contributed by atoms with van der Waals surface area (Å²) in [6.07, 6.45) is 13.4. The van der Waals surface area contributed by atoms with E-state index in [1.54, 1.807) is 0 Å². The average molecular weight is 396 g/mol. The smallest absolute Gasteiger partial charge is 0.410 e. The first-order valence-corrected chi connectivity index (χ1v) is 11.2. The molecule has 0 aliphatic carbocycles. The Morgan fingerprint density at radius 1 is 1.11 bits per heavy atom. The highest BCUT2D eigenvalue weighted by Gasteiger charge is 2.48. The van der Waals surface area contributed by atoms with Crippen molar-refractivity contribution in [2.24, 2.45) is 0 Å². The molecule has 2 atom stereocenters. The van der Waals surface area contributed by atoms with Crippen molar-refractivity contribution in [1.82, 2.24) is 4.90 Å². The van der Waals surface area contributed by atoms with Crippen LogP contribution in [0.15, 0.2) is 12.7 Å². The van der Waals surface area contributed by atoms with E-state index < -0.39 is 11.2 Å². The van der Waals surface area contributed by atoms with E-state index in [1.165, 1.54) is 38.5 Å². The highest BCUT2D eigenvalue weighted by molar-refractivity contribution is 5.69. The average Bonchev–Trinajstić information content (AvgIpc) is 2.58. The first-order chi connectivity index (χ1) is 13.2. The minimum atomic E-state index is -0.679. The number of carbonyl (C=O) groups is 1. The molecule has 0 radical (unpaired) electrons. The van der Waals surface area contributed by atoms with Gasteiger partial charge in [0, 0.05) is 0 Å². The van der Waals surface area contributed by atoms with Crippen molar-refractivity contribution in [2.75, 3.05) is 13.2 Å². The summed E-state index contributed by atoms with van der Waals surface area (Å²) < 4.78 is 11.3. The lowest BCUT2D eigenvalue weighted by Gasteiger charge is -2.51. The van der Waals surface area contributed by atoms with Crippen molar-refractivity contribution in [3.8, 4) is 0 Å². The van der Waals surface area contributed by atoms with Crippen molar-refractivity contribution < 1.29 is 19.4 Å². The van der Waals surface area contributed by atoms with E-state index in [9.17, 15) is 9.90 Å². The van der Waals surface area contributed by atoms with Gasteiger partial charge in [0.15, 0.2) is 0 Å². The molecule has 2 rings (SSSR count). The molecule has 162 valence electrons. The number of aliphatic hydroxyl groups is 1. The van der Waals surface area contributed by atoms with E-state index in [-0.39, 0.29) is 18.2 Å². The van der Waals surface area contributed by atoms with Crippen LogP contribution in [0.2, 0.25) is 0 Å². The van der Waals surface area contributed by atoms with Gasteiger partial charge in [0.25, 0.3) is 0 Å². The van der Waals surface area contributed by atoms with Crippen LogP contribution < -0.4 is 0 Å². The van der Waals surface area contributed by atoms with Crippen LogP contribution in [0, 0.1) is 0 Å². The number of morpholine rings is 1. The number of amides is 1. The lowest BCUT2D eigenvalue weighted by atomic mass is 9.78. The number of nitrogens with zero attached hydrogens (tertiary/aromatic N) is 1. The van der Waals surface area contributed by atoms with Gasteiger partial charge < -0.3 is 14.6 Å². The zero-order valence-corrected chi connectivity index (χ0v) is 18.3. The van der Waals surface area contributed by atoms with Gasteiger partial charge in [-0.3, -0.25) is 4.90 Å². The van der Waals surface area contributed by atoms with Gasteiger partial charge in [-0.05, 0) is 52.9 Å². The first kappa shape index (κ1) is 23.2. The topological polar surface area (TPSA) is 59.0 Å². The van der Waals surface area contributed by atoms with Gasteiger partial charge in [-0.25, -0.2) is 4.79 Å². The summed E-state index contributed by atoms with van der Waals surface area (Å²) in [4.78, 5) is 14.5. The van der Waals surface area contributed by atoms with Crippen LogP contribution in [0.25, 0.3) is 0 Å². The molecule has 5 heteroatoms. The number of rotatable bonds is 10. The van der Waals surface area contributed by atoms with E-state index in [4.69, 9.17) is 9.47 Å². The number of unbranched alkanes of at least 4 members (excludes halogenated alkanes) is 7. The molecular formula is C23H41NO4. The van der Waals surface area contributed by atoms with Gasteiger partial charge in [-0.1, -0.05) is 44.6 Å². The Balaban J connectivity index is 1.74. The van der Waals surface area contributed by atoms with Crippen molar-refractivity contribution in [1.29, 1.82) is 0 Å². The quantitative estimate of drug-likeness (QED) is 0.407. The Labute approximate surface area is 171 Å². The predicted octanol–water partition coefficient (Wildman–Crippen LogP) is 5.21. The summed E-state index contributed by atoms with van der Waals surface area (Å²) in [5.74, 6) is 0. The van der Waals surface area contributed by atoms with E-state index in [0.717, 1.165) is 19.3 Å². The number of carbonyl (C=O) groups excluding carboxylic acids is 1. The van der Waals surface area contributed by atoms with Crippen LogP contribution in [-0.4, -0.2) is 52.6 Å². The number of piperidine rings is 1. The second-order valence-corrected chi connectivity index (χ2v) is 9.67. The molecule has 2 saturated heterocycles. The monoisotopic (exact) mass is 395 g/mol. The van der Waals surface area contributed by atoms with Gasteiger partial charge in [0.05, 0.1) is 30.9 Å². The van der Waals surface area contributed by atoms with Crippen LogP contribution >= 0.6 is 0 Å². The summed E-state index contributed by atoms with van der Waals surface area (Å²) in [7, 11) is 0. The Hall–Kier alpha value is -1.07. The van der Waals surface area contributed by atoms with Crippen LogP contribution in [0.5, 0.6) is 0 Å². The molecule has 2 fully saturated rings. The molecule has 2 heterocycles.